The Labute approximate surface area is 228 Å². The van der Waals surface area contributed by atoms with Gasteiger partial charge in [-0.05, 0) is 74.6 Å². The second-order valence-electron chi connectivity index (χ2n) is 10.0. The van der Waals surface area contributed by atoms with Crippen LogP contribution < -0.4 is 19.5 Å². The number of rotatable bonds is 10. The zero-order valence-electron chi connectivity index (χ0n) is 21.9. The van der Waals surface area contributed by atoms with E-state index in [2.05, 4.69) is 10.0 Å². The van der Waals surface area contributed by atoms with E-state index in [0.29, 0.717) is 23.1 Å². The Kier molecular flexibility index (Phi) is 8.42. The number of amides is 1. The smallest absolute Gasteiger partial charge is 0.338 e. The van der Waals surface area contributed by atoms with Gasteiger partial charge in [0.1, 0.15) is 11.5 Å². The van der Waals surface area contributed by atoms with Crippen molar-refractivity contribution >= 4 is 39.2 Å². The maximum atomic E-state index is 13.1. The van der Waals surface area contributed by atoms with E-state index in [4.69, 9.17) is 25.8 Å². The summed E-state index contributed by atoms with van der Waals surface area (Å²) in [5.41, 5.74) is 0.653. The number of hydrogen-bond acceptors (Lipinski definition) is 7. The van der Waals surface area contributed by atoms with Crippen molar-refractivity contribution in [3.8, 4) is 11.5 Å². The van der Waals surface area contributed by atoms with Crippen LogP contribution in [0, 0.1) is 24.7 Å². The molecule has 0 saturated heterocycles. The minimum atomic E-state index is -4.13. The zero-order valence-corrected chi connectivity index (χ0v) is 23.4. The number of halogens is 1. The van der Waals surface area contributed by atoms with E-state index in [1.54, 1.807) is 6.92 Å². The molecule has 2 N–H and O–H groups in total. The first-order valence-electron chi connectivity index (χ1n) is 12.5. The fraction of sp³-hybridized carbons (Fsp3) is 0.481. The topological polar surface area (TPSA) is 120 Å². The minimum Gasteiger partial charge on any atom is -0.495 e. The van der Waals surface area contributed by atoms with Gasteiger partial charge >= 0.3 is 5.97 Å². The van der Waals surface area contributed by atoms with Crippen LogP contribution in [0.1, 0.15) is 48.5 Å². The summed E-state index contributed by atoms with van der Waals surface area (Å²) in [5.74, 6) is 1.25. The van der Waals surface area contributed by atoms with Crippen molar-refractivity contribution in [2.45, 2.75) is 50.5 Å². The number of ether oxygens (including phenoxy) is 3. The molecule has 2 saturated carbocycles. The van der Waals surface area contributed by atoms with E-state index in [1.165, 1.54) is 63.8 Å². The second kappa shape index (κ2) is 11.4. The molecule has 2 fully saturated rings. The Morgan fingerprint density at radius 2 is 1.82 bits per heavy atom. The predicted molar refractivity (Wildman–Crippen MR) is 143 cm³/mol. The summed E-state index contributed by atoms with van der Waals surface area (Å²) in [6, 6.07) is 6.93. The number of benzene rings is 2. The molecule has 2 aromatic carbocycles. The van der Waals surface area contributed by atoms with Crippen molar-refractivity contribution in [2.24, 2.45) is 17.8 Å². The third-order valence-electron chi connectivity index (χ3n) is 7.62. The number of esters is 1. The van der Waals surface area contributed by atoms with Gasteiger partial charge in [0.15, 0.2) is 6.61 Å². The second-order valence-corrected chi connectivity index (χ2v) is 12.1. The lowest BCUT2D eigenvalue weighted by atomic mass is 9.84. The van der Waals surface area contributed by atoms with Crippen LogP contribution in [0.5, 0.6) is 11.5 Å². The number of aryl methyl sites for hydroxylation is 1. The standard InChI is InChI=1S/C27H33ClN2O7S/c1-15-5-8-19(38(33,34)30-23-12-22(28)24(35-3)13-25(23)36-4)11-20(15)27(32)37-14-26(31)29-16(2)21-10-17-6-7-18(21)9-17/h5,8,11-13,16-18,21,30H,6-7,9-10,14H2,1-4H3,(H,29,31)/t16-,17+,18+,21-/m1/s1. The van der Waals surface area contributed by atoms with E-state index < -0.39 is 22.6 Å². The first-order valence-corrected chi connectivity index (χ1v) is 14.4. The summed E-state index contributed by atoms with van der Waals surface area (Å²) in [6.07, 6.45) is 4.88. The van der Waals surface area contributed by atoms with E-state index in [9.17, 15) is 18.0 Å². The molecule has 9 nitrogen and oxygen atoms in total. The lowest BCUT2D eigenvalue weighted by Gasteiger charge is -2.28. The van der Waals surface area contributed by atoms with Crippen LogP contribution in [0.2, 0.25) is 5.02 Å². The van der Waals surface area contributed by atoms with E-state index >= 15 is 0 Å². The summed E-state index contributed by atoms with van der Waals surface area (Å²) in [7, 11) is -1.32. The quantitative estimate of drug-likeness (QED) is 0.406. The van der Waals surface area contributed by atoms with Gasteiger partial charge in [0.25, 0.3) is 15.9 Å². The van der Waals surface area contributed by atoms with Crippen molar-refractivity contribution in [2.75, 3.05) is 25.5 Å². The molecule has 2 aromatic rings. The molecule has 0 aromatic heterocycles. The highest BCUT2D eigenvalue weighted by molar-refractivity contribution is 7.92. The predicted octanol–water partition coefficient (Wildman–Crippen LogP) is 4.56. The summed E-state index contributed by atoms with van der Waals surface area (Å²) in [5, 5.41) is 3.15. The molecule has 0 spiro atoms. The SMILES string of the molecule is COc1cc(OC)c(NS(=O)(=O)c2ccc(C)c(C(=O)OCC(=O)N[C@H](C)[C@H]3C[C@H]4CC[C@H]3C4)c2)cc1Cl. The van der Waals surface area contributed by atoms with Crippen LogP contribution in [-0.2, 0) is 19.6 Å². The van der Waals surface area contributed by atoms with Gasteiger partial charge in [-0.1, -0.05) is 24.1 Å². The van der Waals surface area contributed by atoms with Gasteiger partial charge in [-0.25, -0.2) is 13.2 Å². The Bertz CT molecular complexity index is 1330. The van der Waals surface area contributed by atoms with Crippen LogP contribution in [0.25, 0.3) is 0 Å². The van der Waals surface area contributed by atoms with Gasteiger partial charge in [-0.3, -0.25) is 9.52 Å². The highest BCUT2D eigenvalue weighted by Gasteiger charge is 2.42. The fourth-order valence-corrected chi connectivity index (χ4v) is 6.98. The van der Waals surface area contributed by atoms with E-state index in [1.807, 2.05) is 6.92 Å². The van der Waals surface area contributed by atoms with Gasteiger partial charge in [0.2, 0.25) is 0 Å². The number of carbonyl (C=O) groups is 2. The minimum absolute atomic E-state index is 0.0150. The number of carbonyl (C=O) groups excluding carboxylic acids is 2. The monoisotopic (exact) mass is 564 g/mol. The average Bonchev–Trinajstić information content (AvgIpc) is 3.51. The van der Waals surface area contributed by atoms with E-state index in [0.717, 1.165) is 12.3 Å². The molecular formula is C27H33ClN2O7S. The third kappa shape index (κ3) is 6.02. The average molecular weight is 565 g/mol. The van der Waals surface area contributed by atoms with Crippen LogP contribution >= 0.6 is 11.6 Å². The zero-order chi connectivity index (χ0) is 27.6. The Morgan fingerprint density at radius 3 is 2.45 bits per heavy atom. The number of hydrogen-bond donors (Lipinski definition) is 2. The first-order chi connectivity index (χ1) is 18.0. The molecule has 11 heteroatoms. The Morgan fingerprint density at radius 1 is 1.08 bits per heavy atom. The van der Waals surface area contributed by atoms with Gasteiger partial charge in [0, 0.05) is 12.1 Å². The summed E-state index contributed by atoms with van der Waals surface area (Å²) >= 11 is 6.16. The van der Waals surface area contributed by atoms with Crippen LogP contribution in [0.15, 0.2) is 35.2 Å². The van der Waals surface area contributed by atoms with Gasteiger partial charge in [0.05, 0.1) is 35.4 Å². The molecule has 0 radical (unpaired) electrons. The van der Waals surface area contributed by atoms with Crippen molar-refractivity contribution < 1.29 is 32.2 Å². The largest absolute Gasteiger partial charge is 0.495 e. The molecule has 2 aliphatic rings. The summed E-state index contributed by atoms with van der Waals surface area (Å²) < 4.78 is 44.3. The van der Waals surface area contributed by atoms with Crippen molar-refractivity contribution in [1.29, 1.82) is 0 Å². The van der Waals surface area contributed by atoms with Crippen LogP contribution in [0.4, 0.5) is 5.69 Å². The first kappa shape index (κ1) is 28.0. The number of anilines is 1. The molecule has 4 atom stereocenters. The van der Waals surface area contributed by atoms with E-state index in [-0.39, 0.29) is 38.9 Å². The molecule has 0 aliphatic heterocycles. The van der Waals surface area contributed by atoms with Crippen molar-refractivity contribution in [1.82, 2.24) is 5.32 Å². The van der Waals surface area contributed by atoms with Gasteiger partial charge in [-0.15, -0.1) is 0 Å². The Balaban J connectivity index is 1.42. The number of sulfonamides is 1. The van der Waals surface area contributed by atoms with Crippen LogP contribution in [0.3, 0.4) is 0 Å². The Hall–Kier alpha value is -2.98. The molecule has 0 unspecified atom stereocenters. The van der Waals surface area contributed by atoms with Crippen molar-refractivity contribution in [3.63, 3.8) is 0 Å². The fourth-order valence-electron chi connectivity index (χ4n) is 5.65. The third-order valence-corrected chi connectivity index (χ3v) is 9.27. The highest BCUT2D eigenvalue weighted by atomic mass is 35.5. The molecule has 0 heterocycles. The molecule has 4 rings (SSSR count). The molecule has 2 bridgehead atoms. The maximum Gasteiger partial charge on any atom is 0.338 e. The lowest BCUT2D eigenvalue weighted by molar-refractivity contribution is -0.125. The van der Waals surface area contributed by atoms with Gasteiger partial charge < -0.3 is 19.5 Å². The number of methoxy groups -OCH3 is 2. The number of nitrogens with one attached hydrogen (secondary N) is 2. The summed E-state index contributed by atoms with van der Waals surface area (Å²) in [4.78, 5) is 25.1. The normalized spacial score (nSPS) is 21.0. The van der Waals surface area contributed by atoms with Crippen molar-refractivity contribution in [3.05, 3.63) is 46.5 Å². The number of fused-ring (bicyclic) bond motifs is 2. The maximum absolute atomic E-state index is 13.1. The lowest BCUT2D eigenvalue weighted by Crippen LogP contribution is -2.42. The molecule has 206 valence electrons. The highest BCUT2D eigenvalue weighted by Crippen LogP contribution is 2.49. The summed E-state index contributed by atoms with van der Waals surface area (Å²) in [6.45, 7) is 3.21. The molecular weight excluding hydrogens is 532 g/mol. The van der Waals surface area contributed by atoms with Crippen LogP contribution in [-0.4, -0.2) is 47.2 Å². The molecule has 38 heavy (non-hydrogen) atoms. The van der Waals surface area contributed by atoms with Gasteiger partial charge in [-0.2, -0.15) is 0 Å². The molecule has 1 amide bonds. The molecule has 2 aliphatic carbocycles.